The van der Waals surface area contributed by atoms with Gasteiger partial charge in [0.25, 0.3) is 0 Å². The van der Waals surface area contributed by atoms with Crippen molar-refractivity contribution in [2.24, 2.45) is 0 Å². The number of alkyl halides is 3. The van der Waals surface area contributed by atoms with Crippen LogP contribution in [0.2, 0.25) is 0 Å². The molecule has 0 radical (unpaired) electrons. The third-order valence-corrected chi connectivity index (χ3v) is 5.68. The molecule has 0 saturated heterocycles. The van der Waals surface area contributed by atoms with Crippen LogP contribution >= 0.6 is 11.3 Å². The van der Waals surface area contributed by atoms with Gasteiger partial charge in [0.1, 0.15) is 0 Å². The SMILES string of the molecule is CC(=O)Nc1ccc(C(F)(F)F)cc1NC(=O)CCC(=O)N1CCc2sccc2C1. The Morgan fingerprint density at radius 2 is 1.87 bits per heavy atom. The largest absolute Gasteiger partial charge is 0.416 e. The molecule has 3 rings (SSSR count). The fourth-order valence-electron chi connectivity index (χ4n) is 3.18. The molecule has 0 spiro atoms. The van der Waals surface area contributed by atoms with E-state index >= 15 is 0 Å². The summed E-state index contributed by atoms with van der Waals surface area (Å²) in [4.78, 5) is 38.9. The normalized spacial score (nSPS) is 13.5. The maximum atomic E-state index is 13.0. The van der Waals surface area contributed by atoms with Gasteiger partial charge < -0.3 is 15.5 Å². The number of anilines is 2. The summed E-state index contributed by atoms with van der Waals surface area (Å²) in [7, 11) is 0. The fraction of sp³-hybridized carbons (Fsp3) is 0.350. The molecule has 2 heterocycles. The van der Waals surface area contributed by atoms with Crippen LogP contribution in [-0.4, -0.2) is 29.2 Å². The molecule has 10 heteroatoms. The van der Waals surface area contributed by atoms with E-state index in [1.165, 1.54) is 11.8 Å². The lowest BCUT2D eigenvalue weighted by atomic mass is 10.1. The predicted molar refractivity (Wildman–Crippen MR) is 107 cm³/mol. The molecule has 30 heavy (non-hydrogen) atoms. The molecule has 0 unspecified atom stereocenters. The summed E-state index contributed by atoms with van der Waals surface area (Å²) < 4.78 is 39.0. The third kappa shape index (κ3) is 5.38. The second kappa shape index (κ2) is 8.86. The molecule has 3 amide bonds. The topological polar surface area (TPSA) is 78.5 Å². The van der Waals surface area contributed by atoms with Gasteiger partial charge in [-0.15, -0.1) is 11.3 Å². The van der Waals surface area contributed by atoms with E-state index in [2.05, 4.69) is 10.6 Å². The van der Waals surface area contributed by atoms with Crippen LogP contribution in [0, 0.1) is 0 Å². The number of nitrogens with zero attached hydrogens (tertiary/aromatic N) is 1. The summed E-state index contributed by atoms with van der Waals surface area (Å²) in [6.07, 6.45) is -4.06. The van der Waals surface area contributed by atoms with Gasteiger partial charge in [0, 0.05) is 37.7 Å². The van der Waals surface area contributed by atoms with Gasteiger partial charge in [0.15, 0.2) is 0 Å². The maximum absolute atomic E-state index is 13.0. The Hall–Kier alpha value is -2.88. The first-order valence-corrected chi connectivity index (χ1v) is 10.1. The zero-order valence-corrected chi connectivity index (χ0v) is 17.0. The molecule has 1 aliphatic rings. The third-order valence-electron chi connectivity index (χ3n) is 4.66. The number of carbonyl (C=O) groups excluding carboxylic acids is 3. The summed E-state index contributed by atoms with van der Waals surface area (Å²) in [5, 5.41) is 6.74. The van der Waals surface area contributed by atoms with Crippen LogP contribution in [0.3, 0.4) is 0 Å². The zero-order valence-electron chi connectivity index (χ0n) is 16.1. The minimum atomic E-state index is -4.60. The van der Waals surface area contributed by atoms with Gasteiger partial charge in [0.05, 0.1) is 16.9 Å². The van der Waals surface area contributed by atoms with E-state index in [4.69, 9.17) is 0 Å². The average molecular weight is 439 g/mol. The lowest BCUT2D eigenvalue weighted by Gasteiger charge is -2.27. The van der Waals surface area contributed by atoms with Crippen molar-refractivity contribution in [1.82, 2.24) is 4.90 Å². The summed E-state index contributed by atoms with van der Waals surface area (Å²) in [5.74, 6) is -1.28. The van der Waals surface area contributed by atoms with Crippen LogP contribution in [0.25, 0.3) is 0 Å². The van der Waals surface area contributed by atoms with Crippen molar-refractivity contribution in [3.8, 4) is 0 Å². The van der Waals surface area contributed by atoms with Crippen LogP contribution in [0.5, 0.6) is 0 Å². The van der Waals surface area contributed by atoms with Gasteiger partial charge in [-0.25, -0.2) is 0 Å². The quantitative estimate of drug-likeness (QED) is 0.739. The molecule has 1 aromatic heterocycles. The molecular weight excluding hydrogens is 419 g/mol. The first-order chi connectivity index (χ1) is 14.1. The van der Waals surface area contributed by atoms with E-state index in [0.717, 1.165) is 30.2 Å². The molecule has 0 aliphatic carbocycles. The van der Waals surface area contributed by atoms with Crippen molar-refractivity contribution in [3.05, 3.63) is 45.6 Å². The predicted octanol–water partition coefficient (Wildman–Crippen LogP) is 4.03. The molecule has 6 nitrogen and oxygen atoms in total. The molecule has 0 fully saturated rings. The number of amides is 3. The van der Waals surface area contributed by atoms with Gasteiger partial charge in [-0.1, -0.05) is 0 Å². The average Bonchev–Trinajstić information content (AvgIpc) is 3.14. The van der Waals surface area contributed by atoms with E-state index in [9.17, 15) is 27.6 Å². The minimum Gasteiger partial charge on any atom is -0.338 e. The Morgan fingerprint density at radius 1 is 1.10 bits per heavy atom. The number of hydrogen-bond acceptors (Lipinski definition) is 4. The van der Waals surface area contributed by atoms with E-state index in [0.29, 0.717) is 13.1 Å². The Kier molecular flexibility index (Phi) is 6.45. The van der Waals surface area contributed by atoms with Crippen molar-refractivity contribution in [2.45, 2.75) is 38.9 Å². The van der Waals surface area contributed by atoms with Crippen molar-refractivity contribution < 1.29 is 27.6 Å². The second-order valence-corrected chi connectivity index (χ2v) is 7.92. The Balaban J connectivity index is 1.62. The van der Waals surface area contributed by atoms with Crippen molar-refractivity contribution in [1.29, 1.82) is 0 Å². The van der Waals surface area contributed by atoms with Crippen molar-refractivity contribution in [3.63, 3.8) is 0 Å². The van der Waals surface area contributed by atoms with Crippen molar-refractivity contribution in [2.75, 3.05) is 17.2 Å². The highest BCUT2D eigenvalue weighted by molar-refractivity contribution is 7.10. The van der Waals surface area contributed by atoms with E-state index in [1.807, 2.05) is 11.4 Å². The monoisotopic (exact) mass is 439 g/mol. The maximum Gasteiger partial charge on any atom is 0.416 e. The number of thiophene rings is 1. The van der Waals surface area contributed by atoms with Gasteiger partial charge in [-0.05, 0) is 41.6 Å². The number of carbonyl (C=O) groups is 3. The van der Waals surface area contributed by atoms with Crippen LogP contribution < -0.4 is 10.6 Å². The first-order valence-electron chi connectivity index (χ1n) is 9.25. The van der Waals surface area contributed by atoms with Crippen molar-refractivity contribution >= 4 is 40.4 Å². The lowest BCUT2D eigenvalue weighted by molar-refractivity contribution is -0.137. The molecule has 1 aromatic carbocycles. The molecule has 0 atom stereocenters. The van der Waals surface area contributed by atoms with Gasteiger partial charge in [-0.3, -0.25) is 14.4 Å². The Bertz CT molecular complexity index is 972. The summed E-state index contributed by atoms with van der Waals surface area (Å²) in [6, 6.07) is 4.63. The summed E-state index contributed by atoms with van der Waals surface area (Å²) in [5.41, 5.74) is 0.0328. The zero-order chi connectivity index (χ0) is 21.9. The molecule has 0 saturated carbocycles. The Morgan fingerprint density at radius 3 is 2.57 bits per heavy atom. The molecule has 160 valence electrons. The first kappa shape index (κ1) is 21.8. The highest BCUT2D eigenvalue weighted by atomic mass is 32.1. The number of rotatable bonds is 5. The highest BCUT2D eigenvalue weighted by Gasteiger charge is 2.31. The number of benzene rings is 1. The van der Waals surface area contributed by atoms with Crippen LogP contribution in [-0.2, 0) is 33.5 Å². The number of nitrogens with one attached hydrogen (secondary N) is 2. The lowest BCUT2D eigenvalue weighted by Crippen LogP contribution is -2.35. The number of hydrogen-bond donors (Lipinski definition) is 2. The number of halogens is 3. The summed E-state index contributed by atoms with van der Waals surface area (Å²) in [6.45, 7) is 2.29. The summed E-state index contributed by atoms with van der Waals surface area (Å²) >= 11 is 1.65. The molecule has 0 bridgehead atoms. The van der Waals surface area contributed by atoms with Gasteiger partial charge in [0.2, 0.25) is 17.7 Å². The van der Waals surface area contributed by atoms with Crippen LogP contribution in [0.1, 0.15) is 35.8 Å². The van der Waals surface area contributed by atoms with Gasteiger partial charge >= 0.3 is 6.18 Å². The molecule has 2 N–H and O–H groups in total. The van der Waals surface area contributed by atoms with Crippen LogP contribution in [0.15, 0.2) is 29.6 Å². The number of fused-ring (bicyclic) bond motifs is 1. The second-order valence-electron chi connectivity index (χ2n) is 6.92. The highest BCUT2D eigenvalue weighted by Crippen LogP contribution is 2.34. The standard InChI is InChI=1S/C20H20F3N3O3S/c1-12(27)24-15-3-2-14(20(21,22)23)10-16(15)25-18(28)4-5-19(29)26-8-6-17-13(11-26)7-9-30-17/h2-3,7,9-10H,4-6,8,11H2,1H3,(H,24,27)(H,25,28). The van der Waals surface area contributed by atoms with E-state index in [1.54, 1.807) is 16.2 Å². The fourth-order valence-corrected chi connectivity index (χ4v) is 4.06. The smallest absolute Gasteiger partial charge is 0.338 e. The van der Waals surface area contributed by atoms with E-state index < -0.39 is 23.6 Å². The van der Waals surface area contributed by atoms with E-state index in [-0.39, 0.29) is 30.1 Å². The molecular formula is C20H20F3N3O3S. The van der Waals surface area contributed by atoms with Crippen LogP contribution in [0.4, 0.5) is 24.5 Å². The van der Waals surface area contributed by atoms with Gasteiger partial charge in [-0.2, -0.15) is 13.2 Å². The minimum absolute atomic E-state index is 0.0520. The molecule has 1 aliphatic heterocycles. The molecule has 2 aromatic rings. The Labute approximate surface area is 175 Å².